The van der Waals surface area contributed by atoms with Gasteiger partial charge < -0.3 is 0 Å². The summed E-state index contributed by atoms with van der Waals surface area (Å²) in [5, 5.41) is 1.88. The Morgan fingerprint density at radius 2 is 1.21 bits per heavy atom. The van der Waals surface area contributed by atoms with E-state index in [-0.39, 0.29) is 22.5 Å². The second-order valence-corrected chi connectivity index (χ2v) is 6.73. The third-order valence-electron chi connectivity index (χ3n) is 4.54. The average Bonchev–Trinajstić information content (AvgIpc) is 2.86. The Morgan fingerprint density at radius 3 is 1.93 bits per heavy atom. The molecule has 5 aromatic rings. The van der Waals surface area contributed by atoms with Gasteiger partial charge in [-0.05, 0) is 45.6 Å². The van der Waals surface area contributed by atoms with Crippen LogP contribution in [-0.4, -0.2) is 15.0 Å². The van der Waals surface area contributed by atoms with E-state index in [9.17, 15) is 0 Å². The molecule has 0 saturated heterocycles. The zero-order valence-electron chi connectivity index (χ0n) is 20.1. The average molecular weight is 399 g/mol. The second-order valence-electron chi connectivity index (χ2n) is 6.39. The van der Waals surface area contributed by atoms with Crippen LogP contribution < -0.4 is 0 Å². The van der Waals surface area contributed by atoms with Crippen LogP contribution in [0.4, 0.5) is 0 Å². The topological polar surface area (TPSA) is 38.7 Å². The highest BCUT2D eigenvalue weighted by Crippen LogP contribution is 2.28. The molecule has 0 saturated carbocycles. The van der Waals surface area contributed by atoms with Crippen molar-refractivity contribution in [2.24, 2.45) is 0 Å². The molecule has 4 aromatic carbocycles. The summed E-state index contributed by atoms with van der Waals surface area (Å²) in [6, 6.07) is 19.8. The zero-order chi connectivity index (χ0) is 24.0. The molecule has 5 rings (SSSR count). The summed E-state index contributed by atoms with van der Waals surface area (Å²) >= 11 is 6.16. The maximum atomic E-state index is 8.20. The van der Waals surface area contributed by atoms with Crippen molar-refractivity contribution in [3.63, 3.8) is 0 Å². The first kappa shape index (κ1) is 12.8. The SMILES string of the molecule is [2H]c1c([2H])c([2H])c(-c2nc(Cl)nc(-c3ccc4cc(-c5ccccc5)ccc4c3)n2)c([2H])c1[2H]. The predicted octanol–water partition coefficient (Wildman–Crippen LogP) is 6.68. The molecule has 0 radical (unpaired) electrons. The van der Waals surface area contributed by atoms with Gasteiger partial charge in [-0.2, -0.15) is 9.97 Å². The molecule has 1 aromatic heterocycles. The normalized spacial score (nSPS) is 13.3. The van der Waals surface area contributed by atoms with E-state index in [4.69, 9.17) is 18.5 Å². The van der Waals surface area contributed by atoms with Gasteiger partial charge in [-0.15, -0.1) is 0 Å². The number of halogens is 1. The van der Waals surface area contributed by atoms with E-state index in [0.29, 0.717) is 5.56 Å². The van der Waals surface area contributed by atoms with Gasteiger partial charge in [0.15, 0.2) is 11.6 Å². The van der Waals surface area contributed by atoms with Gasteiger partial charge in [0.25, 0.3) is 0 Å². The Kier molecular flexibility index (Phi) is 3.29. The van der Waals surface area contributed by atoms with Crippen LogP contribution in [0.3, 0.4) is 0 Å². The lowest BCUT2D eigenvalue weighted by Crippen LogP contribution is -1.97. The van der Waals surface area contributed by atoms with Crippen molar-refractivity contribution in [3.8, 4) is 33.9 Å². The van der Waals surface area contributed by atoms with Gasteiger partial charge in [0, 0.05) is 11.1 Å². The molecule has 1 heterocycles. The van der Waals surface area contributed by atoms with Crippen LogP contribution in [0.25, 0.3) is 44.7 Å². The maximum Gasteiger partial charge on any atom is 0.226 e. The fourth-order valence-electron chi connectivity index (χ4n) is 3.15. The van der Waals surface area contributed by atoms with E-state index in [1.807, 2.05) is 48.5 Å². The maximum absolute atomic E-state index is 8.20. The van der Waals surface area contributed by atoms with Gasteiger partial charge in [-0.25, -0.2) is 4.98 Å². The van der Waals surface area contributed by atoms with Gasteiger partial charge >= 0.3 is 0 Å². The van der Waals surface area contributed by atoms with Crippen LogP contribution in [0, 0.1) is 0 Å². The van der Waals surface area contributed by atoms with Crippen molar-refractivity contribution in [2.75, 3.05) is 0 Å². The molecule has 0 spiro atoms. The molecule has 0 N–H and O–H groups in total. The van der Waals surface area contributed by atoms with E-state index < -0.39 is 30.2 Å². The smallest absolute Gasteiger partial charge is 0.208 e. The lowest BCUT2D eigenvalue weighted by atomic mass is 10.00. The van der Waals surface area contributed by atoms with Crippen molar-refractivity contribution in [2.45, 2.75) is 0 Å². The van der Waals surface area contributed by atoms with E-state index in [1.165, 1.54) is 0 Å². The van der Waals surface area contributed by atoms with Crippen LogP contribution in [0.2, 0.25) is 5.28 Å². The molecule has 4 heteroatoms. The second kappa shape index (κ2) is 7.46. The molecule has 0 aliphatic heterocycles. The minimum absolute atomic E-state index is 0.0773. The highest BCUT2D eigenvalue weighted by atomic mass is 35.5. The minimum atomic E-state index is -0.483. The van der Waals surface area contributed by atoms with Gasteiger partial charge in [-0.1, -0.05) is 84.8 Å². The van der Waals surface area contributed by atoms with Gasteiger partial charge in [0.05, 0.1) is 6.85 Å². The van der Waals surface area contributed by atoms with Crippen LogP contribution in [0.15, 0.2) is 96.9 Å². The van der Waals surface area contributed by atoms with E-state index in [2.05, 4.69) is 33.2 Å². The van der Waals surface area contributed by atoms with Crippen molar-refractivity contribution >= 4 is 22.4 Å². The fraction of sp³-hybridized carbons (Fsp3) is 0. The largest absolute Gasteiger partial charge is 0.226 e. The Morgan fingerprint density at radius 1 is 0.586 bits per heavy atom. The number of hydrogen-bond acceptors (Lipinski definition) is 3. The standard InChI is InChI=1S/C25H16ClN3/c26-25-28-23(18-9-5-2-6-10-18)27-24(29-25)22-14-13-20-15-19(11-12-21(20)16-22)17-7-3-1-4-8-17/h1-16H/i2D,5D,6D,9D,10D. The Bertz CT molecular complexity index is 1550. The highest BCUT2D eigenvalue weighted by molar-refractivity contribution is 6.28. The number of aromatic nitrogens is 3. The summed E-state index contributed by atoms with van der Waals surface area (Å²) in [6.45, 7) is 0. The number of hydrogen-bond donors (Lipinski definition) is 0. The summed E-state index contributed by atoms with van der Waals surface area (Å²) in [6.07, 6.45) is 0. The molecular weight excluding hydrogens is 378 g/mol. The third kappa shape index (κ3) is 3.60. The molecule has 0 amide bonds. The van der Waals surface area contributed by atoms with Crippen molar-refractivity contribution in [1.82, 2.24) is 15.0 Å². The van der Waals surface area contributed by atoms with Gasteiger partial charge in [-0.3, -0.25) is 0 Å². The summed E-state index contributed by atoms with van der Waals surface area (Å²) in [4.78, 5) is 12.7. The molecular formula is C25H16ClN3. The molecule has 0 atom stereocenters. The first-order chi connectivity index (χ1) is 16.3. The van der Waals surface area contributed by atoms with Crippen LogP contribution in [0.1, 0.15) is 6.85 Å². The molecule has 138 valence electrons. The summed E-state index contributed by atoms with van der Waals surface area (Å²) in [5.41, 5.74) is 2.77. The zero-order valence-corrected chi connectivity index (χ0v) is 15.8. The van der Waals surface area contributed by atoms with Gasteiger partial charge in [0.1, 0.15) is 0 Å². The molecule has 3 nitrogen and oxygen atoms in total. The quantitative estimate of drug-likeness (QED) is 0.340. The minimum Gasteiger partial charge on any atom is -0.208 e. The first-order valence-electron chi connectivity index (χ1n) is 11.4. The molecule has 0 bridgehead atoms. The van der Waals surface area contributed by atoms with Crippen LogP contribution in [0.5, 0.6) is 0 Å². The lowest BCUT2D eigenvalue weighted by Gasteiger charge is -2.08. The third-order valence-corrected chi connectivity index (χ3v) is 4.71. The van der Waals surface area contributed by atoms with Crippen molar-refractivity contribution in [3.05, 3.63) is 102 Å². The summed E-state index contributed by atoms with van der Waals surface area (Å²) in [7, 11) is 0. The van der Waals surface area contributed by atoms with Crippen molar-refractivity contribution in [1.29, 1.82) is 0 Å². The Labute approximate surface area is 180 Å². The van der Waals surface area contributed by atoms with Crippen molar-refractivity contribution < 1.29 is 6.85 Å². The summed E-state index contributed by atoms with van der Waals surface area (Å²) < 4.78 is 40.0. The van der Waals surface area contributed by atoms with E-state index >= 15 is 0 Å². The Balaban J connectivity index is 1.61. The molecule has 29 heavy (non-hydrogen) atoms. The number of rotatable bonds is 3. The van der Waals surface area contributed by atoms with Crippen LogP contribution in [-0.2, 0) is 0 Å². The summed E-state index contributed by atoms with van der Waals surface area (Å²) in [5.74, 6) is 0.169. The lowest BCUT2D eigenvalue weighted by molar-refractivity contribution is 1.07. The number of nitrogens with zero attached hydrogens (tertiary/aromatic N) is 3. The highest BCUT2D eigenvalue weighted by Gasteiger charge is 2.10. The molecule has 0 fully saturated rings. The molecule has 0 unspecified atom stereocenters. The predicted molar refractivity (Wildman–Crippen MR) is 119 cm³/mol. The molecule has 0 aliphatic carbocycles. The van der Waals surface area contributed by atoms with E-state index in [1.54, 1.807) is 0 Å². The van der Waals surface area contributed by atoms with E-state index in [0.717, 1.165) is 21.9 Å². The number of fused-ring (bicyclic) bond motifs is 1. The van der Waals surface area contributed by atoms with Crippen LogP contribution >= 0.6 is 11.6 Å². The first-order valence-corrected chi connectivity index (χ1v) is 9.30. The van der Waals surface area contributed by atoms with Gasteiger partial charge in [0.2, 0.25) is 5.28 Å². The monoisotopic (exact) mass is 398 g/mol. The molecule has 0 aliphatic rings. The number of benzene rings is 4. The fourth-order valence-corrected chi connectivity index (χ4v) is 3.31. The Hall–Kier alpha value is -3.56.